The van der Waals surface area contributed by atoms with Crippen LogP contribution in [0.4, 0.5) is 10.5 Å². The van der Waals surface area contributed by atoms with Crippen LogP contribution in [0.3, 0.4) is 0 Å². The summed E-state index contributed by atoms with van der Waals surface area (Å²) in [6.07, 6.45) is 0.261. The fourth-order valence-electron chi connectivity index (χ4n) is 4.51. The fraction of sp³-hybridized carbons (Fsp3) is 0.185. The van der Waals surface area contributed by atoms with Crippen molar-refractivity contribution in [2.24, 2.45) is 0 Å². The highest BCUT2D eigenvalue weighted by molar-refractivity contribution is 6.11. The van der Waals surface area contributed by atoms with E-state index >= 15 is 0 Å². The summed E-state index contributed by atoms with van der Waals surface area (Å²) in [7, 11) is 0. The van der Waals surface area contributed by atoms with Gasteiger partial charge in [-0.2, -0.15) is 0 Å². The number of carbonyl (C=O) groups excluding carboxylic acids is 4. The third kappa shape index (κ3) is 4.26. The Labute approximate surface area is 207 Å². The summed E-state index contributed by atoms with van der Waals surface area (Å²) in [5, 5.41) is 8.27. The van der Waals surface area contributed by atoms with Crippen molar-refractivity contribution in [1.82, 2.24) is 15.5 Å². The van der Waals surface area contributed by atoms with Crippen molar-refractivity contribution in [3.05, 3.63) is 95.6 Å². The van der Waals surface area contributed by atoms with E-state index in [1.165, 1.54) is 0 Å². The van der Waals surface area contributed by atoms with Gasteiger partial charge in [-0.1, -0.05) is 60.7 Å². The van der Waals surface area contributed by atoms with Crippen molar-refractivity contribution in [2.45, 2.75) is 18.5 Å². The predicted molar refractivity (Wildman–Crippen MR) is 131 cm³/mol. The van der Waals surface area contributed by atoms with Crippen LogP contribution < -0.4 is 20.7 Å². The molecule has 9 heteroatoms. The Hall–Kier alpha value is -4.66. The number of fused-ring (bicyclic) bond motifs is 2. The van der Waals surface area contributed by atoms with Gasteiger partial charge in [0, 0.05) is 18.5 Å². The molecule has 36 heavy (non-hydrogen) atoms. The first kappa shape index (κ1) is 23.1. The molecular weight excluding hydrogens is 460 g/mol. The van der Waals surface area contributed by atoms with E-state index < -0.39 is 29.9 Å². The van der Waals surface area contributed by atoms with Crippen LogP contribution >= 0.6 is 0 Å². The van der Waals surface area contributed by atoms with Crippen LogP contribution in [0.5, 0.6) is 5.75 Å². The average Bonchev–Trinajstić information content (AvgIpc) is 3.13. The molecule has 0 aromatic heterocycles. The van der Waals surface area contributed by atoms with Gasteiger partial charge in [-0.25, -0.2) is 4.79 Å². The Morgan fingerprint density at radius 1 is 0.944 bits per heavy atom. The molecule has 0 saturated carbocycles. The van der Waals surface area contributed by atoms with Crippen molar-refractivity contribution < 1.29 is 23.9 Å². The van der Waals surface area contributed by atoms with Crippen molar-refractivity contribution in [3.8, 4) is 5.75 Å². The van der Waals surface area contributed by atoms with Crippen molar-refractivity contribution >= 4 is 29.4 Å². The van der Waals surface area contributed by atoms with Gasteiger partial charge in [0.05, 0.1) is 17.9 Å². The first-order valence-corrected chi connectivity index (χ1v) is 11.6. The van der Waals surface area contributed by atoms with Crippen LogP contribution in [0.1, 0.15) is 27.9 Å². The molecule has 3 N–H and O–H groups in total. The van der Waals surface area contributed by atoms with Gasteiger partial charge in [-0.15, -0.1) is 0 Å². The third-order valence-electron chi connectivity index (χ3n) is 6.30. The maximum Gasteiger partial charge on any atom is 0.325 e. The summed E-state index contributed by atoms with van der Waals surface area (Å²) in [5.74, 6) is -0.937. The van der Waals surface area contributed by atoms with Gasteiger partial charge < -0.3 is 20.7 Å². The molecule has 5 rings (SSSR count). The quantitative estimate of drug-likeness (QED) is 0.465. The van der Waals surface area contributed by atoms with Crippen LogP contribution in [0.2, 0.25) is 0 Å². The Bertz CT molecular complexity index is 1340. The van der Waals surface area contributed by atoms with Gasteiger partial charge in [0.2, 0.25) is 5.91 Å². The van der Waals surface area contributed by atoms with Crippen LogP contribution in [-0.4, -0.2) is 41.8 Å². The molecule has 2 aliphatic heterocycles. The average molecular weight is 485 g/mol. The number of benzene rings is 3. The van der Waals surface area contributed by atoms with Crippen molar-refractivity contribution in [2.75, 3.05) is 18.5 Å². The normalized spacial score (nSPS) is 18.3. The Morgan fingerprint density at radius 2 is 1.67 bits per heavy atom. The molecule has 0 aliphatic carbocycles. The van der Waals surface area contributed by atoms with Gasteiger partial charge in [0.15, 0.2) is 5.54 Å². The van der Waals surface area contributed by atoms with E-state index in [1.807, 2.05) is 30.3 Å². The smallest absolute Gasteiger partial charge is 0.325 e. The number of carbonyl (C=O) groups is 4. The Balaban J connectivity index is 1.28. The molecule has 9 nitrogen and oxygen atoms in total. The molecule has 1 fully saturated rings. The lowest BCUT2D eigenvalue weighted by atomic mass is 9.84. The summed E-state index contributed by atoms with van der Waals surface area (Å²) >= 11 is 0. The molecule has 0 radical (unpaired) electrons. The highest BCUT2D eigenvalue weighted by Gasteiger charge is 2.55. The maximum atomic E-state index is 13.4. The summed E-state index contributed by atoms with van der Waals surface area (Å²) in [4.78, 5) is 52.7. The van der Waals surface area contributed by atoms with Crippen LogP contribution in [0.25, 0.3) is 0 Å². The number of hydrogen-bond donors (Lipinski definition) is 3. The van der Waals surface area contributed by atoms with E-state index in [-0.39, 0.29) is 30.2 Å². The molecule has 3 aromatic rings. The standard InChI is InChI=1S/C27H24N4O5/c32-23(29-21-12-6-4-10-19(21)24(33)28-16-18-8-2-1-3-9-18)17-31-25(34)27(30-26(31)35)14-15-36-22-13-7-5-11-20(22)27/h1-13H,14-17H2,(H,28,33)(H,29,32)(H,30,35)/t27-/m0/s1. The number of ether oxygens (including phenoxy) is 1. The highest BCUT2D eigenvalue weighted by atomic mass is 16.5. The summed E-state index contributed by atoms with van der Waals surface area (Å²) < 4.78 is 5.63. The SMILES string of the molecule is O=C(CN1C(=O)N[C@]2(CCOc3ccccc32)C1=O)Nc1ccccc1C(=O)NCc1ccccc1. The largest absolute Gasteiger partial charge is 0.493 e. The summed E-state index contributed by atoms with van der Waals surface area (Å²) in [5.41, 5.74) is 0.800. The number of imide groups is 1. The minimum Gasteiger partial charge on any atom is -0.493 e. The number of nitrogens with one attached hydrogen (secondary N) is 3. The zero-order chi connectivity index (χ0) is 25.1. The zero-order valence-corrected chi connectivity index (χ0v) is 19.3. The second kappa shape index (κ2) is 9.53. The van der Waals surface area contributed by atoms with E-state index in [2.05, 4.69) is 16.0 Å². The van der Waals surface area contributed by atoms with E-state index in [9.17, 15) is 19.2 Å². The Morgan fingerprint density at radius 3 is 2.50 bits per heavy atom. The van der Waals surface area contributed by atoms with Crippen LogP contribution in [-0.2, 0) is 21.7 Å². The molecule has 1 saturated heterocycles. The second-order valence-electron chi connectivity index (χ2n) is 8.58. The number of rotatable bonds is 6. The lowest BCUT2D eigenvalue weighted by molar-refractivity contribution is -0.135. The number of hydrogen-bond acceptors (Lipinski definition) is 5. The van der Waals surface area contributed by atoms with E-state index in [1.54, 1.807) is 48.5 Å². The van der Waals surface area contributed by atoms with Crippen LogP contribution in [0, 0.1) is 0 Å². The summed E-state index contributed by atoms with van der Waals surface area (Å²) in [6.45, 7) is 0.0988. The van der Waals surface area contributed by atoms with Gasteiger partial charge in [0.25, 0.3) is 11.8 Å². The molecule has 1 atom stereocenters. The number of urea groups is 1. The lowest BCUT2D eigenvalue weighted by Crippen LogP contribution is -2.48. The van der Waals surface area contributed by atoms with Gasteiger partial charge >= 0.3 is 6.03 Å². The molecule has 5 amide bonds. The summed E-state index contributed by atoms with van der Waals surface area (Å²) in [6, 6.07) is 22.4. The molecule has 182 valence electrons. The minimum atomic E-state index is -1.26. The number of nitrogens with zero attached hydrogens (tertiary/aromatic N) is 1. The molecule has 1 spiro atoms. The monoisotopic (exact) mass is 484 g/mol. The number of anilines is 1. The Kier molecular flexibility index (Phi) is 6.12. The minimum absolute atomic E-state index is 0.258. The molecular formula is C27H24N4O5. The highest BCUT2D eigenvalue weighted by Crippen LogP contribution is 2.40. The van der Waals surface area contributed by atoms with Crippen molar-refractivity contribution in [3.63, 3.8) is 0 Å². The maximum absolute atomic E-state index is 13.4. The fourth-order valence-corrected chi connectivity index (χ4v) is 4.51. The molecule has 2 heterocycles. The third-order valence-corrected chi connectivity index (χ3v) is 6.30. The molecule has 2 aliphatic rings. The van der Waals surface area contributed by atoms with Crippen LogP contribution in [0.15, 0.2) is 78.9 Å². The van der Waals surface area contributed by atoms with Gasteiger partial charge in [-0.3, -0.25) is 19.3 Å². The number of para-hydroxylation sites is 2. The topological polar surface area (TPSA) is 117 Å². The number of amides is 5. The van der Waals surface area contributed by atoms with Gasteiger partial charge in [0.1, 0.15) is 12.3 Å². The molecule has 0 unspecified atom stereocenters. The first-order valence-electron chi connectivity index (χ1n) is 11.6. The van der Waals surface area contributed by atoms with E-state index in [4.69, 9.17) is 4.74 Å². The molecule has 3 aromatic carbocycles. The van der Waals surface area contributed by atoms with E-state index in [0.717, 1.165) is 10.5 Å². The zero-order valence-electron chi connectivity index (χ0n) is 19.3. The van der Waals surface area contributed by atoms with E-state index in [0.29, 0.717) is 17.9 Å². The predicted octanol–water partition coefficient (Wildman–Crippen LogP) is 2.78. The van der Waals surface area contributed by atoms with Gasteiger partial charge in [-0.05, 0) is 23.8 Å². The first-order chi connectivity index (χ1) is 17.5. The lowest BCUT2D eigenvalue weighted by Gasteiger charge is -2.33. The molecule has 0 bridgehead atoms. The van der Waals surface area contributed by atoms with Crippen molar-refractivity contribution in [1.29, 1.82) is 0 Å². The second-order valence-corrected chi connectivity index (χ2v) is 8.58.